The van der Waals surface area contributed by atoms with Crippen LogP contribution in [0.5, 0.6) is 0 Å². The van der Waals surface area contributed by atoms with Gasteiger partial charge in [0.2, 0.25) is 5.91 Å². The van der Waals surface area contributed by atoms with Gasteiger partial charge in [-0.2, -0.15) is 13.2 Å². The minimum atomic E-state index is -4.39. The molecular formula is C17H23F3N2O2. The average molecular weight is 344 g/mol. The van der Waals surface area contributed by atoms with Crippen LogP contribution in [-0.2, 0) is 4.79 Å². The number of hydrogen-bond acceptors (Lipinski definition) is 3. The quantitative estimate of drug-likeness (QED) is 0.863. The summed E-state index contributed by atoms with van der Waals surface area (Å²) in [5, 5.41) is 10.3. The van der Waals surface area contributed by atoms with Crippen LogP contribution in [0, 0.1) is 0 Å². The fraction of sp³-hybridized carbons (Fsp3) is 0.588. The van der Waals surface area contributed by atoms with Crippen molar-refractivity contribution in [2.24, 2.45) is 0 Å². The molecule has 0 bridgehead atoms. The number of amides is 1. The lowest BCUT2D eigenvalue weighted by atomic mass is 10.0. The molecule has 1 amide bonds. The summed E-state index contributed by atoms with van der Waals surface area (Å²) in [6.45, 7) is -0.618. The summed E-state index contributed by atoms with van der Waals surface area (Å²) >= 11 is 0. The van der Waals surface area contributed by atoms with E-state index in [4.69, 9.17) is 0 Å². The van der Waals surface area contributed by atoms with Gasteiger partial charge in [0, 0.05) is 13.1 Å². The predicted octanol–water partition coefficient (Wildman–Crippen LogP) is 2.60. The molecule has 24 heavy (non-hydrogen) atoms. The highest BCUT2D eigenvalue weighted by Gasteiger charge is 2.33. The van der Waals surface area contributed by atoms with Crippen molar-refractivity contribution in [3.05, 3.63) is 35.9 Å². The number of aliphatic hydroxyl groups excluding tert-OH is 1. The van der Waals surface area contributed by atoms with Crippen molar-refractivity contribution in [3.63, 3.8) is 0 Å². The first-order valence-electron chi connectivity index (χ1n) is 8.04. The second kappa shape index (κ2) is 7.98. The minimum Gasteiger partial charge on any atom is -0.388 e. The number of carbonyl (C=O) groups excluding carboxylic acids is 1. The topological polar surface area (TPSA) is 43.8 Å². The van der Waals surface area contributed by atoms with E-state index < -0.39 is 24.7 Å². The zero-order valence-corrected chi connectivity index (χ0v) is 13.7. The SMILES string of the molecule is CN(CC(F)(F)F)C(=O)CN1CCCC1CC(O)c1ccccc1. The van der Waals surface area contributed by atoms with Crippen LogP contribution in [0.15, 0.2) is 30.3 Å². The first-order valence-corrected chi connectivity index (χ1v) is 8.04. The Bertz CT molecular complexity index is 536. The number of aliphatic hydroxyl groups is 1. The second-order valence-electron chi connectivity index (χ2n) is 6.29. The number of likely N-dealkylation sites (N-methyl/N-ethyl adjacent to an activating group) is 1. The molecular weight excluding hydrogens is 321 g/mol. The molecule has 1 N–H and O–H groups in total. The summed E-state index contributed by atoms with van der Waals surface area (Å²) in [5.41, 5.74) is 0.810. The van der Waals surface area contributed by atoms with Crippen LogP contribution < -0.4 is 0 Å². The summed E-state index contributed by atoms with van der Waals surface area (Å²) in [4.78, 5) is 14.6. The molecule has 0 saturated carbocycles. The molecule has 2 rings (SSSR count). The molecule has 1 aliphatic rings. The maximum Gasteiger partial charge on any atom is 0.406 e. The van der Waals surface area contributed by atoms with Crippen molar-refractivity contribution in [3.8, 4) is 0 Å². The summed E-state index contributed by atoms with van der Waals surface area (Å²) < 4.78 is 37.1. The standard InChI is InChI=1S/C17H23F3N2O2/c1-21(12-17(18,19)20)16(24)11-22-9-5-8-14(22)10-15(23)13-6-3-2-4-7-13/h2-4,6-7,14-15,23H,5,8-12H2,1H3. The van der Waals surface area contributed by atoms with Crippen LogP contribution in [0.2, 0.25) is 0 Å². The molecule has 0 aliphatic carbocycles. The van der Waals surface area contributed by atoms with Gasteiger partial charge in [0.15, 0.2) is 0 Å². The largest absolute Gasteiger partial charge is 0.406 e. The van der Waals surface area contributed by atoms with Crippen LogP contribution in [0.25, 0.3) is 0 Å². The first-order chi connectivity index (χ1) is 11.3. The molecule has 0 aromatic heterocycles. The highest BCUT2D eigenvalue weighted by Crippen LogP contribution is 2.27. The van der Waals surface area contributed by atoms with E-state index in [-0.39, 0.29) is 12.6 Å². The second-order valence-corrected chi connectivity index (χ2v) is 6.29. The van der Waals surface area contributed by atoms with Crippen molar-refractivity contribution in [2.45, 2.75) is 37.6 Å². The Morgan fingerprint density at radius 1 is 1.38 bits per heavy atom. The molecule has 7 heteroatoms. The zero-order valence-electron chi connectivity index (χ0n) is 13.7. The molecule has 2 unspecified atom stereocenters. The van der Waals surface area contributed by atoms with Crippen molar-refractivity contribution < 1.29 is 23.1 Å². The monoisotopic (exact) mass is 344 g/mol. The molecule has 1 fully saturated rings. The van der Waals surface area contributed by atoms with Gasteiger partial charge in [-0.05, 0) is 31.4 Å². The summed E-state index contributed by atoms with van der Waals surface area (Å²) in [5.74, 6) is -0.548. The average Bonchev–Trinajstić information content (AvgIpc) is 2.93. The van der Waals surface area contributed by atoms with E-state index in [2.05, 4.69) is 0 Å². The third kappa shape index (κ3) is 5.49. The Hall–Kier alpha value is -1.60. The Morgan fingerprint density at radius 2 is 2.04 bits per heavy atom. The van der Waals surface area contributed by atoms with E-state index in [1.807, 2.05) is 35.2 Å². The van der Waals surface area contributed by atoms with E-state index in [0.29, 0.717) is 17.9 Å². The first kappa shape index (κ1) is 18.7. The molecule has 2 atom stereocenters. The minimum absolute atomic E-state index is 0.00319. The van der Waals surface area contributed by atoms with E-state index in [1.54, 1.807) is 0 Å². The zero-order chi connectivity index (χ0) is 17.7. The molecule has 1 heterocycles. The van der Waals surface area contributed by atoms with Crippen LogP contribution in [0.3, 0.4) is 0 Å². The number of alkyl halides is 3. The summed E-state index contributed by atoms with van der Waals surface area (Å²) in [6.07, 6.45) is -2.85. The van der Waals surface area contributed by atoms with Crippen LogP contribution in [0.4, 0.5) is 13.2 Å². The van der Waals surface area contributed by atoms with Gasteiger partial charge >= 0.3 is 6.18 Å². The van der Waals surface area contributed by atoms with Gasteiger partial charge < -0.3 is 10.0 Å². The molecule has 1 aromatic rings. The van der Waals surface area contributed by atoms with Gasteiger partial charge in [-0.1, -0.05) is 30.3 Å². The van der Waals surface area contributed by atoms with Crippen molar-refractivity contribution in [2.75, 3.05) is 26.7 Å². The fourth-order valence-electron chi connectivity index (χ4n) is 3.09. The lowest BCUT2D eigenvalue weighted by Gasteiger charge is -2.28. The number of hydrogen-bond donors (Lipinski definition) is 1. The number of rotatable bonds is 6. The lowest BCUT2D eigenvalue weighted by molar-refractivity contribution is -0.159. The Kier molecular flexibility index (Phi) is 6.23. The number of likely N-dealkylation sites (tertiary alicyclic amines) is 1. The third-order valence-electron chi connectivity index (χ3n) is 4.36. The van der Waals surface area contributed by atoms with Crippen molar-refractivity contribution >= 4 is 5.91 Å². The van der Waals surface area contributed by atoms with Gasteiger partial charge in [-0.25, -0.2) is 0 Å². The van der Waals surface area contributed by atoms with Gasteiger partial charge in [0.05, 0.1) is 12.6 Å². The normalized spacial score (nSPS) is 20.1. The summed E-state index contributed by atoms with van der Waals surface area (Å²) in [7, 11) is 1.17. The highest BCUT2D eigenvalue weighted by molar-refractivity contribution is 5.78. The van der Waals surface area contributed by atoms with Crippen LogP contribution in [-0.4, -0.2) is 59.7 Å². The van der Waals surface area contributed by atoms with E-state index in [9.17, 15) is 23.1 Å². The molecule has 1 aromatic carbocycles. The fourth-order valence-corrected chi connectivity index (χ4v) is 3.09. The molecule has 0 spiro atoms. The Labute approximate surface area is 139 Å². The third-order valence-corrected chi connectivity index (χ3v) is 4.36. The Morgan fingerprint density at radius 3 is 2.67 bits per heavy atom. The smallest absolute Gasteiger partial charge is 0.388 e. The van der Waals surface area contributed by atoms with Gasteiger partial charge in [0.25, 0.3) is 0 Å². The van der Waals surface area contributed by atoms with Gasteiger partial charge in [-0.15, -0.1) is 0 Å². The molecule has 1 saturated heterocycles. The van der Waals surface area contributed by atoms with E-state index >= 15 is 0 Å². The van der Waals surface area contributed by atoms with Gasteiger partial charge in [-0.3, -0.25) is 9.69 Å². The van der Waals surface area contributed by atoms with Crippen molar-refractivity contribution in [1.29, 1.82) is 0 Å². The number of halogens is 3. The molecule has 1 aliphatic heterocycles. The van der Waals surface area contributed by atoms with Crippen LogP contribution in [0.1, 0.15) is 30.9 Å². The van der Waals surface area contributed by atoms with Gasteiger partial charge in [0.1, 0.15) is 6.54 Å². The number of benzene rings is 1. The number of nitrogens with zero attached hydrogens (tertiary/aromatic N) is 2. The molecule has 0 radical (unpaired) electrons. The predicted molar refractivity (Wildman–Crippen MR) is 84.3 cm³/mol. The van der Waals surface area contributed by atoms with Crippen LogP contribution >= 0.6 is 0 Å². The maximum absolute atomic E-state index is 12.4. The highest BCUT2D eigenvalue weighted by atomic mass is 19.4. The number of carbonyl (C=O) groups is 1. The molecule has 4 nitrogen and oxygen atoms in total. The Balaban J connectivity index is 1.89. The molecule has 134 valence electrons. The summed E-state index contributed by atoms with van der Waals surface area (Å²) in [6, 6.07) is 9.25. The lowest BCUT2D eigenvalue weighted by Crippen LogP contribution is -2.44. The van der Waals surface area contributed by atoms with E-state index in [1.165, 1.54) is 7.05 Å². The van der Waals surface area contributed by atoms with Crippen molar-refractivity contribution in [1.82, 2.24) is 9.80 Å². The maximum atomic E-state index is 12.4. The van der Waals surface area contributed by atoms with E-state index in [0.717, 1.165) is 18.4 Å².